The Hall–Kier alpha value is -4.13. The molecule has 2 N–H and O–H groups in total. The minimum absolute atomic E-state index is 0.0353. The monoisotopic (exact) mass is 582 g/mol. The first-order valence-electron chi connectivity index (χ1n) is 13.5. The summed E-state index contributed by atoms with van der Waals surface area (Å²) in [7, 11) is 1.56. The Kier molecular flexibility index (Phi) is 7.08. The van der Waals surface area contributed by atoms with E-state index in [1.807, 2.05) is 30.4 Å². The second kappa shape index (κ2) is 10.6. The molecule has 3 aromatic rings. The molecule has 12 nitrogen and oxygen atoms in total. The highest BCUT2D eigenvalue weighted by atomic mass is 19.4. The number of hydrogen-bond donors (Lipinski definition) is 2. The van der Waals surface area contributed by atoms with Crippen LogP contribution in [0.4, 0.5) is 13.2 Å². The lowest BCUT2D eigenvalue weighted by Gasteiger charge is -2.58. The van der Waals surface area contributed by atoms with Crippen LogP contribution in [0, 0.1) is 11.3 Å². The van der Waals surface area contributed by atoms with E-state index < -0.39 is 23.4 Å². The fourth-order valence-electron chi connectivity index (χ4n) is 6.16. The standard InChI is InChI=1S/C27H29F3N10O2/c1-16-18(22-17-3-8-32-23(17)35-15-34-22)11-40(37-16)26(6-7-31)13-39(14-26)20-5-10-38(12-21(20)42-2)24(41)19-4-9-33-25(36-19)27(28,29)30/h3-4,8-9,11,15-16,20-21,37H,5-6,10,12-14H2,1-2H3,(H,32,34,35)/t16?,20-,21+/m0/s1. The van der Waals surface area contributed by atoms with Crippen molar-refractivity contribution in [3.63, 3.8) is 0 Å². The number of carbonyl (C=O) groups is 1. The smallest absolute Gasteiger partial charge is 0.378 e. The van der Waals surface area contributed by atoms with Crippen LogP contribution in [0.5, 0.6) is 0 Å². The van der Waals surface area contributed by atoms with E-state index in [9.17, 15) is 23.2 Å². The molecule has 0 radical (unpaired) electrons. The molecule has 3 aliphatic heterocycles. The van der Waals surface area contributed by atoms with E-state index >= 15 is 0 Å². The zero-order chi connectivity index (χ0) is 29.6. The predicted molar refractivity (Wildman–Crippen MR) is 143 cm³/mol. The number of halogens is 3. The summed E-state index contributed by atoms with van der Waals surface area (Å²) in [6.07, 6.45) is 2.06. The van der Waals surface area contributed by atoms with Crippen LogP contribution < -0.4 is 5.43 Å². The first-order valence-corrected chi connectivity index (χ1v) is 13.5. The van der Waals surface area contributed by atoms with Gasteiger partial charge in [0.05, 0.1) is 35.9 Å². The van der Waals surface area contributed by atoms with Crippen LogP contribution in [0.2, 0.25) is 0 Å². The number of hydrazine groups is 1. The van der Waals surface area contributed by atoms with Crippen molar-refractivity contribution >= 4 is 22.5 Å². The number of H-pyrrole nitrogens is 1. The molecule has 0 aliphatic carbocycles. The second-order valence-corrected chi connectivity index (χ2v) is 10.9. The number of likely N-dealkylation sites (tertiary alicyclic amines) is 2. The van der Waals surface area contributed by atoms with E-state index in [4.69, 9.17) is 4.74 Å². The molecule has 2 fully saturated rings. The van der Waals surface area contributed by atoms with Gasteiger partial charge in [-0.25, -0.2) is 25.4 Å². The summed E-state index contributed by atoms with van der Waals surface area (Å²) in [6.45, 7) is 3.77. The molecule has 1 unspecified atom stereocenters. The highest BCUT2D eigenvalue weighted by molar-refractivity contribution is 5.92. The molecule has 6 heterocycles. The molecule has 0 spiro atoms. The van der Waals surface area contributed by atoms with Gasteiger partial charge in [0.25, 0.3) is 5.91 Å². The molecule has 0 bridgehead atoms. The van der Waals surface area contributed by atoms with E-state index in [-0.39, 0.29) is 30.4 Å². The van der Waals surface area contributed by atoms with Crippen molar-refractivity contribution in [3.05, 3.63) is 54.3 Å². The zero-order valence-corrected chi connectivity index (χ0v) is 23.0. The summed E-state index contributed by atoms with van der Waals surface area (Å²) in [5.41, 5.74) is 5.30. The van der Waals surface area contributed by atoms with E-state index in [0.717, 1.165) is 28.5 Å². The Morgan fingerprint density at radius 2 is 2.07 bits per heavy atom. The molecule has 220 valence electrons. The highest BCUT2D eigenvalue weighted by Crippen LogP contribution is 2.39. The minimum Gasteiger partial charge on any atom is -0.378 e. The number of ether oxygens (including phenoxy) is 1. The van der Waals surface area contributed by atoms with Gasteiger partial charge in [-0.2, -0.15) is 18.4 Å². The number of carbonyl (C=O) groups excluding carboxylic acids is 1. The number of aromatic amines is 1. The number of alkyl halides is 3. The van der Waals surface area contributed by atoms with Gasteiger partial charge in [0.1, 0.15) is 17.7 Å². The lowest BCUT2D eigenvalue weighted by atomic mass is 9.82. The predicted octanol–water partition coefficient (Wildman–Crippen LogP) is 2.21. The summed E-state index contributed by atoms with van der Waals surface area (Å²) >= 11 is 0. The number of hydrogen-bond acceptors (Lipinski definition) is 10. The number of aromatic nitrogens is 5. The van der Waals surface area contributed by atoms with Crippen molar-refractivity contribution in [1.29, 1.82) is 5.26 Å². The van der Waals surface area contributed by atoms with Gasteiger partial charge in [-0.3, -0.25) is 9.69 Å². The lowest BCUT2D eigenvalue weighted by molar-refractivity contribution is -0.145. The Bertz CT molecular complexity index is 1560. The molecule has 42 heavy (non-hydrogen) atoms. The molecule has 2 saturated heterocycles. The van der Waals surface area contributed by atoms with Crippen molar-refractivity contribution in [2.24, 2.45) is 0 Å². The molecule has 3 atom stereocenters. The van der Waals surface area contributed by atoms with Crippen molar-refractivity contribution in [3.8, 4) is 6.07 Å². The average Bonchev–Trinajstić information content (AvgIpc) is 3.60. The third kappa shape index (κ3) is 4.85. The van der Waals surface area contributed by atoms with Crippen molar-refractivity contribution in [1.82, 2.24) is 45.2 Å². The molecule has 3 aliphatic rings. The van der Waals surface area contributed by atoms with Crippen LogP contribution >= 0.6 is 0 Å². The molecule has 15 heteroatoms. The summed E-state index contributed by atoms with van der Waals surface area (Å²) in [5.74, 6) is -1.94. The minimum atomic E-state index is -4.74. The van der Waals surface area contributed by atoms with Gasteiger partial charge in [0.2, 0.25) is 5.82 Å². The third-order valence-corrected chi connectivity index (χ3v) is 8.32. The second-order valence-electron chi connectivity index (χ2n) is 10.9. The number of rotatable bonds is 6. The number of amides is 1. The Labute approximate surface area is 239 Å². The van der Waals surface area contributed by atoms with Crippen LogP contribution in [0.15, 0.2) is 37.1 Å². The fraction of sp³-hybridized carbons (Fsp3) is 0.481. The lowest BCUT2D eigenvalue weighted by Crippen LogP contribution is -2.75. The summed E-state index contributed by atoms with van der Waals surface area (Å²) in [6, 6.07) is 5.40. The number of piperidine rings is 1. The van der Waals surface area contributed by atoms with Crippen LogP contribution in [-0.4, -0.2) is 103 Å². The van der Waals surface area contributed by atoms with Gasteiger partial charge >= 0.3 is 6.18 Å². The highest BCUT2D eigenvalue weighted by Gasteiger charge is 2.53. The van der Waals surface area contributed by atoms with E-state index in [2.05, 4.69) is 41.3 Å². The summed E-state index contributed by atoms with van der Waals surface area (Å²) < 4.78 is 45.0. The maximum atomic E-state index is 13.1. The van der Waals surface area contributed by atoms with Crippen LogP contribution in [0.25, 0.3) is 16.6 Å². The summed E-state index contributed by atoms with van der Waals surface area (Å²) in [4.78, 5) is 35.4. The first kappa shape index (κ1) is 28.0. The molecular formula is C27H29F3N10O2. The zero-order valence-electron chi connectivity index (χ0n) is 23.0. The van der Waals surface area contributed by atoms with Crippen molar-refractivity contribution in [2.75, 3.05) is 33.3 Å². The first-order chi connectivity index (χ1) is 20.1. The maximum Gasteiger partial charge on any atom is 0.451 e. The maximum absolute atomic E-state index is 13.1. The average molecular weight is 583 g/mol. The SMILES string of the molecule is CO[C@@H]1CN(C(=O)c2ccnc(C(F)(F)F)n2)CC[C@@H]1N1CC(CC#N)(N2C=C(c3ncnc4[nH]ccc34)C(C)N2)C1. The van der Waals surface area contributed by atoms with Crippen LogP contribution in [0.3, 0.4) is 0 Å². The molecular weight excluding hydrogens is 553 g/mol. The Morgan fingerprint density at radius 3 is 2.81 bits per heavy atom. The van der Waals surface area contributed by atoms with Crippen LogP contribution in [-0.2, 0) is 10.9 Å². The van der Waals surface area contributed by atoms with E-state index in [1.165, 1.54) is 17.3 Å². The molecule has 6 rings (SSSR count). The van der Waals surface area contributed by atoms with E-state index in [0.29, 0.717) is 32.5 Å². The van der Waals surface area contributed by atoms with Crippen molar-refractivity contribution in [2.45, 2.75) is 49.7 Å². The quantitative estimate of drug-likeness (QED) is 0.445. The van der Waals surface area contributed by atoms with Gasteiger partial charge in [0.15, 0.2) is 0 Å². The molecule has 1 amide bonds. The largest absolute Gasteiger partial charge is 0.451 e. The Balaban J connectivity index is 1.15. The number of fused-ring (bicyclic) bond motifs is 1. The molecule has 0 saturated carbocycles. The Morgan fingerprint density at radius 1 is 1.26 bits per heavy atom. The van der Waals surface area contributed by atoms with Crippen LogP contribution in [0.1, 0.15) is 41.8 Å². The topological polar surface area (TPSA) is 139 Å². The molecule has 3 aromatic heterocycles. The molecule has 0 aromatic carbocycles. The number of nitriles is 1. The van der Waals surface area contributed by atoms with E-state index in [1.54, 1.807) is 7.11 Å². The number of nitrogens with one attached hydrogen (secondary N) is 2. The van der Waals surface area contributed by atoms with Gasteiger partial charge in [-0.1, -0.05) is 0 Å². The normalized spacial score (nSPS) is 24.4. The third-order valence-electron chi connectivity index (χ3n) is 8.32. The van der Waals surface area contributed by atoms with Crippen molar-refractivity contribution < 1.29 is 22.7 Å². The van der Waals surface area contributed by atoms with Gasteiger partial charge in [-0.15, -0.1) is 0 Å². The number of methoxy groups -OCH3 is 1. The summed E-state index contributed by atoms with van der Waals surface area (Å²) in [5, 5.41) is 12.7. The van der Waals surface area contributed by atoms with Gasteiger partial charge < -0.3 is 19.6 Å². The van der Waals surface area contributed by atoms with Gasteiger partial charge in [0, 0.05) is 68.9 Å². The number of nitrogens with zero attached hydrogens (tertiary/aromatic N) is 8. The van der Waals surface area contributed by atoms with Gasteiger partial charge in [-0.05, 0) is 25.5 Å². The fourth-order valence-corrected chi connectivity index (χ4v) is 6.16.